The van der Waals surface area contributed by atoms with E-state index >= 15 is 0 Å². The highest BCUT2D eigenvalue weighted by atomic mass is 19.4. The van der Waals surface area contributed by atoms with Crippen LogP contribution in [0.4, 0.5) is 17.6 Å². The molecule has 2 aliphatic heterocycles. The van der Waals surface area contributed by atoms with Crippen LogP contribution in [0.3, 0.4) is 0 Å². The third-order valence-electron chi connectivity index (χ3n) is 7.02. The van der Waals surface area contributed by atoms with Crippen LogP contribution in [-0.4, -0.2) is 85.8 Å². The Morgan fingerprint density at radius 2 is 1.53 bits per heavy atom. The van der Waals surface area contributed by atoms with Crippen LogP contribution in [0, 0.1) is 11.2 Å². The van der Waals surface area contributed by atoms with Gasteiger partial charge in [-0.2, -0.15) is 0 Å². The number of piperidine rings is 1. The van der Waals surface area contributed by atoms with Gasteiger partial charge in [-0.1, -0.05) is 0 Å². The molecule has 38 heavy (non-hydrogen) atoms. The Kier molecular flexibility index (Phi) is 8.44. The van der Waals surface area contributed by atoms with Gasteiger partial charge in [0, 0.05) is 56.7 Å². The van der Waals surface area contributed by atoms with Crippen molar-refractivity contribution in [2.75, 3.05) is 52.9 Å². The van der Waals surface area contributed by atoms with Crippen molar-refractivity contribution in [3.63, 3.8) is 0 Å². The summed E-state index contributed by atoms with van der Waals surface area (Å²) in [4.78, 5) is 32.2. The van der Waals surface area contributed by atoms with Crippen molar-refractivity contribution in [1.29, 1.82) is 0 Å². The van der Waals surface area contributed by atoms with Gasteiger partial charge in [0.25, 0.3) is 5.91 Å². The summed E-state index contributed by atoms with van der Waals surface area (Å²) >= 11 is 0. The number of alkyl halides is 3. The van der Waals surface area contributed by atoms with Crippen LogP contribution in [0.2, 0.25) is 0 Å². The van der Waals surface area contributed by atoms with E-state index in [0.29, 0.717) is 38.2 Å². The van der Waals surface area contributed by atoms with Crippen LogP contribution in [0.5, 0.6) is 11.5 Å². The topological polar surface area (TPSA) is 62.3 Å². The van der Waals surface area contributed by atoms with Gasteiger partial charge in [-0.15, -0.1) is 13.2 Å². The highest BCUT2D eigenvalue weighted by Crippen LogP contribution is 2.36. The van der Waals surface area contributed by atoms with E-state index in [0.717, 1.165) is 25.2 Å². The molecule has 0 bridgehead atoms. The van der Waals surface area contributed by atoms with Crippen molar-refractivity contribution in [2.45, 2.75) is 25.6 Å². The van der Waals surface area contributed by atoms with Gasteiger partial charge >= 0.3 is 6.36 Å². The average Bonchev–Trinajstić information content (AvgIpc) is 2.88. The number of carbonyl (C=O) groups excluding carboxylic acids is 2. The minimum atomic E-state index is -4.82. The molecule has 7 nitrogen and oxygen atoms in total. The summed E-state index contributed by atoms with van der Waals surface area (Å²) in [6.45, 7) is 3.65. The van der Waals surface area contributed by atoms with Crippen LogP contribution in [0.25, 0.3) is 0 Å². The Morgan fingerprint density at radius 1 is 0.895 bits per heavy atom. The number of nitrogens with zero attached hydrogens (tertiary/aromatic N) is 3. The maximum atomic E-state index is 13.4. The van der Waals surface area contributed by atoms with Gasteiger partial charge < -0.3 is 24.2 Å². The molecule has 4 rings (SSSR count). The van der Waals surface area contributed by atoms with Crippen molar-refractivity contribution in [3.8, 4) is 11.5 Å². The molecule has 2 fully saturated rings. The van der Waals surface area contributed by atoms with Crippen LogP contribution in [0.1, 0.15) is 29.6 Å². The molecule has 206 valence electrons. The van der Waals surface area contributed by atoms with Crippen molar-refractivity contribution in [2.24, 2.45) is 5.41 Å². The molecule has 2 saturated heterocycles. The first-order chi connectivity index (χ1) is 18.0. The molecule has 0 unspecified atom stereocenters. The minimum absolute atomic E-state index is 0.0104. The van der Waals surface area contributed by atoms with E-state index in [1.165, 1.54) is 36.4 Å². The van der Waals surface area contributed by atoms with E-state index in [-0.39, 0.29) is 37.0 Å². The third-order valence-corrected chi connectivity index (χ3v) is 7.02. The van der Waals surface area contributed by atoms with Gasteiger partial charge in [0.2, 0.25) is 5.91 Å². The molecule has 2 aliphatic rings. The second kappa shape index (κ2) is 11.6. The summed E-state index contributed by atoms with van der Waals surface area (Å²) in [5.74, 6) is -0.697. The normalized spacial score (nSPS) is 20.8. The number of rotatable bonds is 7. The van der Waals surface area contributed by atoms with E-state index in [9.17, 15) is 27.2 Å². The van der Waals surface area contributed by atoms with E-state index in [2.05, 4.69) is 9.64 Å². The quantitative estimate of drug-likeness (QED) is 0.496. The van der Waals surface area contributed by atoms with Crippen molar-refractivity contribution in [1.82, 2.24) is 14.7 Å². The Morgan fingerprint density at radius 3 is 2.16 bits per heavy atom. The highest BCUT2D eigenvalue weighted by molar-refractivity contribution is 5.94. The molecule has 0 radical (unpaired) electrons. The SMILES string of the molecule is CN1CCN(C(=O)C[C@]2(COc3ccc(F)cc3)CCCN(C(=O)c3ccc(OC(F)(F)F)cc3)C2)CC1. The summed E-state index contributed by atoms with van der Waals surface area (Å²) in [6.07, 6.45) is -3.36. The van der Waals surface area contributed by atoms with Gasteiger partial charge in [-0.05, 0) is 68.4 Å². The van der Waals surface area contributed by atoms with Gasteiger partial charge in [0.15, 0.2) is 0 Å². The molecular formula is C27H31F4N3O4. The molecule has 2 aromatic rings. The Labute approximate surface area is 218 Å². The standard InChI is InChI=1S/C27H31F4N3O4/c1-32-13-15-33(16-14-32)24(35)17-26(19-37-22-9-5-21(28)6-10-22)11-2-12-34(18-26)25(36)20-3-7-23(8-4-20)38-27(29,30)31/h3-10H,2,11-19H2,1H3/t26-/m1/s1. The number of hydrogen-bond acceptors (Lipinski definition) is 5. The number of halogens is 4. The first-order valence-electron chi connectivity index (χ1n) is 12.5. The van der Waals surface area contributed by atoms with Crippen LogP contribution < -0.4 is 9.47 Å². The number of amides is 2. The molecule has 0 spiro atoms. The van der Waals surface area contributed by atoms with Crippen LogP contribution in [0.15, 0.2) is 48.5 Å². The van der Waals surface area contributed by atoms with Crippen molar-refractivity contribution < 1.29 is 36.6 Å². The average molecular weight is 538 g/mol. The predicted octanol–water partition coefficient (Wildman–Crippen LogP) is 4.19. The van der Waals surface area contributed by atoms with E-state index in [1.54, 1.807) is 4.90 Å². The monoisotopic (exact) mass is 537 g/mol. The lowest BCUT2D eigenvalue weighted by atomic mass is 9.77. The maximum Gasteiger partial charge on any atom is 0.573 e. The second-order valence-corrected chi connectivity index (χ2v) is 10.0. The van der Waals surface area contributed by atoms with Crippen molar-refractivity contribution in [3.05, 3.63) is 59.9 Å². The fourth-order valence-electron chi connectivity index (χ4n) is 4.93. The fourth-order valence-corrected chi connectivity index (χ4v) is 4.93. The molecule has 2 aromatic carbocycles. The summed E-state index contributed by atoms with van der Waals surface area (Å²) in [5.41, 5.74) is -0.456. The summed E-state index contributed by atoms with van der Waals surface area (Å²) < 4.78 is 60.7. The van der Waals surface area contributed by atoms with E-state index in [4.69, 9.17) is 4.74 Å². The maximum absolute atomic E-state index is 13.4. The first kappa shape index (κ1) is 27.7. The van der Waals surface area contributed by atoms with Gasteiger partial charge in [-0.3, -0.25) is 9.59 Å². The molecule has 0 saturated carbocycles. The summed E-state index contributed by atoms with van der Waals surface area (Å²) in [5, 5.41) is 0. The Bertz CT molecular complexity index is 1100. The molecule has 0 aromatic heterocycles. The molecule has 11 heteroatoms. The Hall–Kier alpha value is -3.34. The minimum Gasteiger partial charge on any atom is -0.493 e. The number of carbonyl (C=O) groups is 2. The zero-order valence-corrected chi connectivity index (χ0v) is 21.2. The lowest BCUT2D eigenvalue weighted by Gasteiger charge is -2.43. The number of benzene rings is 2. The second-order valence-electron chi connectivity index (χ2n) is 10.0. The van der Waals surface area contributed by atoms with Gasteiger partial charge in [0.1, 0.15) is 17.3 Å². The lowest BCUT2D eigenvalue weighted by molar-refractivity contribution is -0.274. The molecule has 1 atom stereocenters. The fraction of sp³-hybridized carbons (Fsp3) is 0.481. The smallest absolute Gasteiger partial charge is 0.493 e. The lowest BCUT2D eigenvalue weighted by Crippen LogP contribution is -2.53. The first-order valence-corrected chi connectivity index (χ1v) is 12.5. The van der Waals surface area contributed by atoms with Crippen molar-refractivity contribution >= 4 is 11.8 Å². The molecule has 2 amide bonds. The summed E-state index contributed by atoms with van der Waals surface area (Å²) in [6, 6.07) is 10.4. The number of ether oxygens (including phenoxy) is 2. The molecular weight excluding hydrogens is 506 g/mol. The van der Waals surface area contributed by atoms with E-state index < -0.39 is 23.3 Å². The molecule has 2 heterocycles. The zero-order chi connectivity index (χ0) is 27.3. The summed E-state index contributed by atoms with van der Waals surface area (Å²) in [7, 11) is 2.01. The van der Waals surface area contributed by atoms with E-state index in [1.807, 2.05) is 11.9 Å². The zero-order valence-electron chi connectivity index (χ0n) is 21.2. The highest BCUT2D eigenvalue weighted by Gasteiger charge is 2.41. The third kappa shape index (κ3) is 7.37. The van der Waals surface area contributed by atoms with Gasteiger partial charge in [0.05, 0.1) is 6.61 Å². The number of likely N-dealkylation sites (tertiary alicyclic amines) is 1. The van der Waals surface area contributed by atoms with Crippen LogP contribution >= 0.6 is 0 Å². The van der Waals surface area contributed by atoms with Gasteiger partial charge in [-0.25, -0.2) is 4.39 Å². The number of piperazine rings is 1. The Balaban J connectivity index is 1.50. The van der Waals surface area contributed by atoms with Crippen LogP contribution in [-0.2, 0) is 4.79 Å². The number of hydrogen-bond donors (Lipinski definition) is 0. The predicted molar refractivity (Wildman–Crippen MR) is 131 cm³/mol. The number of likely N-dealkylation sites (N-methyl/N-ethyl adjacent to an activating group) is 1. The molecule has 0 N–H and O–H groups in total. The largest absolute Gasteiger partial charge is 0.573 e. The molecule has 0 aliphatic carbocycles.